The fourth-order valence-electron chi connectivity index (χ4n) is 5.79. The van der Waals surface area contributed by atoms with E-state index in [-0.39, 0.29) is 35.2 Å². The summed E-state index contributed by atoms with van der Waals surface area (Å²) in [6.45, 7) is 2.21. The number of likely N-dealkylation sites (tertiary alicyclic amines) is 1. The molecular formula is C19H33N3O4S. The number of nitrogens with one attached hydrogen (secondary N) is 1. The molecular weight excluding hydrogens is 366 g/mol. The second-order valence-electron chi connectivity index (χ2n) is 9.32. The Morgan fingerprint density at radius 3 is 2.70 bits per heavy atom. The van der Waals surface area contributed by atoms with Crippen molar-refractivity contribution in [3.63, 3.8) is 0 Å². The molecule has 1 amide bonds. The third-order valence-corrected chi connectivity index (χ3v) is 8.57. The van der Waals surface area contributed by atoms with E-state index in [2.05, 4.69) is 4.72 Å². The van der Waals surface area contributed by atoms with Crippen molar-refractivity contribution < 1.29 is 17.9 Å². The zero-order valence-electron chi connectivity index (χ0n) is 16.5. The summed E-state index contributed by atoms with van der Waals surface area (Å²) in [7, 11) is 0.561. The van der Waals surface area contributed by atoms with Crippen LogP contribution < -0.4 is 4.72 Å². The SMILES string of the molecule is CN(C)CC(=O)N1C[C@@H]2[C@H](CNS(=O)(=O)CC3CCCC3)[C@H]3CC[C@]2(C1)O3. The summed E-state index contributed by atoms with van der Waals surface area (Å²) in [6, 6.07) is 0. The number of ether oxygens (including phenoxy) is 1. The van der Waals surface area contributed by atoms with Crippen LogP contribution in [-0.2, 0) is 19.6 Å². The van der Waals surface area contributed by atoms with Gasteiger partial charge in [0.1, 0.15) is 0 Å². The van der Waals surface area contributed by atoms with Crippen molar-refractivity contribution in [2.45, 2.75) is 50.2 Å². The molecule has 1 saturated carbocycles. The van der Waals surface area contributed by atoms with Crippen molar-refractivity contribution in [2.75, 3.05) is 46.0 Å². The van der Waals surface area contributed by atoms with Crippen LogP contribution in [0, 0.1) is 17.8 Å². The minimum atomic E-state index is -3.24. The molecule has 3 aliphatic heterocycles. The third-order valence-electron chi connectivity index (χ3n) is 7.06. The van der Waals surface area contributed by atoms with Gasteiger partial charge >= 0.3 is 0 Å². The van der Waals surface area contributed by atoms with Crippen LogP contribution in [0.15, 0.2) is 0 Å². The van der Waals surface area contributed by atoms with Crippen LogP contribution in [0.3, 0.4) is 0 Å². The van der Waals surface area contributed by atoms with Gasteiger partial charge in [0, 0.05) is 24.9 Å². The van der Waals surface area contributed by atoms with Crippen LogP contribution in [0.2, 0.25) is 0 Å². The minimum absolute atomic E-state index is 0.135. The van der Waals surface area contributed by atoms with Crippen molar-refractivity contribution in [1.82, 2.24) is 14.5 Å². The summed E-state index contributed by atoms with van der Waals surface area (Å²) in [6.07, 6.45) is 6.46. The van der Waals surface area contributed by atoms with E-state index in [0.717, 1.165) is 38.5 Å². The first-order valence-corrected chi connectivity index (χ1v) is 12.0. The quantitative estimate of drug-likeness (QED) is 0.681. The number of amides is 1. The molecule has 4 rings (SSSR count). The van der Waals surface area contributed by atoms with E-state index in [0.29, 0.717) is 32.1 Å². The summed E-state index contributed by atoms with van der Waals surface area (Å²) >= 11 is 0. The molecule has 0 aromatic carbocycles. The van der Waals surface area contributed by atoms with Gasteiger partial charge in [0.2, 0.25) is 15.9 Å². The van der Waals surface area contributed by atoms with E-state index in [1.54, 1.807) is 0 Å². The van der Waals surface area contributed by atoms with Gasteiger partial charge in [0.15, 0.2) is 0 Å². The molecule has 4 aliphatic rings. The first-order chi connectivity index (χ1) is 12.8. The van der Waals surface area contributed by atoms with Gasteiger partial charge in [-0.2, -0.15) is 0 Å². The average Bonchev–Trinajstić information content (AvgIpc) is 3.32. The lowest BCUT2D eigenvalue weighted by Gasteiger charge is -2.29. The Labute approximate surface area is 162 Å². The molecule has 0 unspecified atom stereocenters. The highest BCUT2D eigenvalue weighted by atomic mass is 32.2. The lowest BCUT2D eigenvalue weighted by molar-refractivity contribution is -0.132. The Balaban J connectivity index is 1.37. The minimum Gasteiger partial charge on any atom is -0.369 e. The Morgan fingerprint density at radius 2 is 2.00 bits per heavy atom. The number of likely N-dealkylation sites (N-methyl/N-ethyl adjacent to an activating group) is 1. The summed E-state index contributed by atoms with van der Waals surface area (Å²) in [5, 5.41) is 0. The molecule has 27 heavy (non-hydrogen) atoms. The molecule has 0 aromatic heterocycles. The van der Waals surface area contributed by atoms with Gasteiger partial charge in [0.05, 0.1) is 30.5 Å². The largest absolute Gasteiger partial charge is 0.369 e. The van der Waals surface area contributed by atoms with E-state index in [1.807, 2.05) is 23.9 Å². The van der Waals surface area contributed by atoms with E-state index in [1.165, 1.54) is 0 Å². The fourth-order valence-corrected chi connectivity index (χ4v) is 7.31. The maximum Gasteiger partial charge on any atom is 0.236 e. The fraction of sp³-hybridized carbons (Fsp3) is 0.947. The van der Waals surface area contributed by atoms with Gasteiger partial charge in [-0.05, 0) is 45.7 Å². The van der Waals surface area contributed by atoms with E-state index in [4.69, 9.17) is 4.74 Å². The molecule has 8 heteroatoms. The van der Waals surface area contributed by atoms with Crippen molar-refractivity contribution in [2.24, 2.45) is 17.8 Å². The highest BCUT2D eigenvalue weighted by Gasteiger charge is 2.63. The molecule has 1 spiro atoms. The smallest absolute Gasteiger partial charge is 0.236 e. The number of nitrogens with zero attached hydrogens (tertiary/aromatic N) is 2. The van der Waals surface area contributed by atoms with Gasteiger partial charge in [-0.25, -0.2) is 13.1 Å². The molecule has 0 aromatic rings. The zero-order valence-corrected chi connectivity index (χ0v) is 17.3. The Hall–Kier alpha value is -0.700. The molecule has 7 nitrogen and oxygen atoms in total. The average molecular weight is 400 g/mol. The number of hydrogen-bond donors (Lipinski definition) is 1. The van der Waals surface area contributed by atoms with Gasteiger partial charge in [-0.15, -0.1) is 0 Å². The molecule has 1 N–H and O–H groups in total. The first-order valence-electron chi connectivity index (χ1n) is 10.4. The number of rotatable bonds is 7. The monoisotopic (exact) mass is 399 g/mol. The van der Waals surface area contributed by atoms with Crippen molar-refractivity contribution >= 4 is 15.9 Å². The number of hydrogen-bond acceptors (Lipinski definition) is 5. The first kappa shape index (κ1) is 19.6. The molecule has 2 bridgehead atoms. The van der Waals surface area contributed by atoms with E-state index in [9.17, 15) is 13.2 Å². The standard InChI is InChI=1S/C19H33N3O4S/c1-21(2)11-18(23)22-10-16-15(17-7-8-19(16,13-22)26-17)9-20-27(24,25)12-14-5-3-4-6-14/h14-17,20H,3-13H2,1-2H3/t15-,16+,17+,19+/m0/s1. The summed E-state index contributed by atoms with van der Waals surface area (Å²) < 4.78 is 34.2. The van der Waals surface area contributed by atoms with Crippen LogP contribution in [-0.4, -0.2) is 81.9 Å². The Morgan fingerprint density at radius 1 is 1.26 bits per heavy atom. The predicted molar refractivity (Wildman–Crippen MR) is 103 cm³/mol. The number of sulfonamides is 1. The van der Waals surface area contributed by atoms with Gasteiger partial charge in [0.25, 0.3) is 0 Å². The molecule has 0 radical (unpaired) electrons. The molecule has 1 aliphatic carbocycles. The lowest BCUT2D eigenvalue weighted by atomic mass is 9.74. The molecule has 154 valence electrons. The van der Waals surface area contributed by atoms with Crippen molar-refractivity contribution in [1.29, 1.82) is 0 Å². The highest BCUT2D eigenvalue weighted by Crippen LogP contribution is 2.54. The summed E-state index contributed by atoms with van der Waals surface area (Å²) in [4.78, 5) is 16.3. The Bertz CT molecular complexity index is 676. The zero-order chi connectivity index (χ0) is 19.2. The normalized spacial score (nSPS) is 36.1. The van der Waals surface area contributed by atoms with Crippen LogP contribution >= 0.6 is 0 Å². The van der Waals surface area contributed by atoms with Crippen LogP contribution in [0.4, 0.5) is 0 Å². The number of carbonyl (C=O) groups is 1. The third kappa shape index (κ3) is 3.91. The summed E-state index contributed by atoms with van der Waals surface area (Å²) in [5.74, 6) is 1.13. The molecule has 3 saturated heterocycles. The highest BCUT2D eigenvalue weighted by molar-refractivity contribution is 7.89. The van der Waals surface area contributed by atoms with Gasteiger partial charge in [-0.3, -0.25) is 4.79 Å². The van der Waals surface area contributed by atoms with E-state index < -0.39 is 10.0 Å². The van der Waals surface area contributed by atoms with Crippen LogP contribution in [0.25, 0.3) is 0 Å². The lowest BCUT2D eigenvalue weighted by Crippen LogP contribution is -2.42. The number of fused-ring (bicyclic) bond motifs is 1. The molecule has 4 atom stereocenters. The number of carbonyl (C=O) groups excluding carboxylic acids is 1. The second-order valence-corrected chi connectivity index (χ2v) is 11.2. The maximum atomic E-state index is 12.5. The van der Waals surface area contributed by atoms with Crippen LogP contribution in [0.5, 0.6) is 0 Å². The van der Waals surface area contributed by atoms with Gasteiger partial charge < -0.3 is 14.5 Å². The van der Waals surface area contributed by atoms with Crippen molar-refractivity contribution in [3.8, 4) is 0 Å². The second kappa shape index (κ2) is 7.28. The topological polar surface area (TPSA) is 79.0 Å². The molecule has 3 heterocycles. The molecule has 4 fully saturated rings. The van der Waals surface area contributed by atoms with Gasteiger partial charge in [-0.1, -0.05) is 12.8 Å². The predicted octanol–water partition coefficient (Wildman–Crippen LogP) is 0.664. The van der Waals surface area contributed by atoms with Crippen molar-refractivity contribution in [3.05, 3.63) is 0 Å². The van der Waals surface area contributed by atoms with E-state index >= 15 is 0 Å². The maximum absolute atomic E-state index is 12.5. The van der Waals surface area contributed by atoms with Crippen LogP contribution in [0.1, 0.15) is 38.5 Å². The Kier molecular flexibility index (Phi) is 5.29. The summed E-state index contributed by atoms with van der Waals surface area (Å²) in [5.41, 5.74) is -0.242.